The van der Waals surface area contributed by atoms with Crippen molar-refractivity contribution in [3.63, 3.8) is 0 Å². The van der Waals surface area contributed by atoms with Gasteiger partial charge in [-0.15, -0.1) is 12.4 Å². The van der Waals surface area contributed by atoms with Crippen molar-refractivity contribution in [2.75, 3.05) is 13.2 Å². The van der Waals surface area contributed by atoms with Crippen LogP contribution in [0, 0.1) is 11.8 Å². The van der Waals surface area contributed by atoms with Gasteiger partial charge in [-0.3, -0.25) is 4.79 Å². The molecule has 3 unspecified atom stereocenters. The van der Waals surface area contributed by atoms with Gasteiger partial charge in [-0.1, -0.05) is 18.6 Å². The predicted octanol–water partition coefficient (Wildman–Crippen LogP) is 3.30. The Bertz CT molecular complexity index is 622. The molecule has 3 fully saturated rings. The Kier molecular flexibility index (Phi) is 7.01. The Morgan fingerprint density at radius 2 is 1.89 bits per heavy atom. The number of nitrogens with one attached hydrogen (secondary N) is 1. The normalized spacial score (nSPS) is 32.4. The monoisotopic (exact) mass is 394 g/mol. The quantitative estimate of drug-likeness (QED) is 0.803. The Morgan fingerprint density at radius 1 is 1.15 bits per heavy atom. The highest BCUT2D eigenvalue weighted by Gasteiger charge is 2.40. The second kappa shape index (κ2) is 9.26. The first-order valence-corrected chi connectivity index (χ1v) is 10.1. The standard InChI is InChI=1S/C21H30N2O3.ClH/c22-16-11-14-5-3-6-15(12-16)20(14)23-21(24)18-8-1-2-9-19(18)26-13-17-7-4-10-25-17;/h1-2,8-9,14-17,20H,3-7,10-13,22H2,(H,23,24);1H. The molecule has 0 radical (unpaired) electrons. The fourth-order valence-electron chi connectivity index (χ4n) is 4.99. The van der Waals surface area contributed by atoms with E-state index in [4.69, 9.17) is 15.2 Å². The Labute approximate surface area is 167 Å². The molecule has 0 aromatic heterocycles. The Balaban J connectivity index is 0.00000210. The third kappa shape index (κ3) is 4.76. The van der Waals surface area contributed by atoms with Gasteiger partial charge in [0.2, 0.25) is 0 Å². The molecule has 1 amide bonds. The summed E-state index contributed by atoms with van der Waals surface area (Å²) in [6, 6.07) is 8.08. The number of hydrogen-bond donors (Lipinski definition) is 2. The summed E-state index contributed by atoms with van der Waals surface area (Å²) in [7, 11) is 0. The van der Waals surface area contributed by atoms with E-state index in [1.807, 2.05) is 24.3 Å². The number of amides is 1. The van der Waals surface area contributed by atoms with Crippen molar-refractivity contribution in [2.24, 2.45) is 17.6 Å². The van der Waals surface area contributed by atoms with Crippen LogP contribution in [-0.4, -0.2) is 37.3 Å². The van der Waals surface area contributed by atoms with Gasteiger partial charge in [0.25, 0.3) is 5.91 Å². The molecule has 2 saturated carbocycles. The molecule has 150 valence electrons. The van der Waals surface area contributed by atoms with Crippen LogP contribution in [0.2, 0.25) is 0 Å². The summed E-state index contributed by atoms with van der Waals surface area (Å²) in [5.41, 5.74) is 6.83. The lowest BCUT2D eigenvalue weighted by molar-refractivity contribution is 0.0657. The number of carbonyl (C=O) groups excluding carboxylic acids is 1. The van der Waals surface area contributed by atoms with E-state index in [1.54, 1.807) is 0 Å². The molecule has 27 heavy (non-hydrogen) atoms. The number of para-hydroxylation sites is 1. The van der Waals surface area contributed by atoms with E-state index in [0.29, 0.717) is 35.8 Å². The Morgan fingerprint density at radius 3 is 2.59 bits per heavy atom. The first-order chi connectivity index (χ1) is 12.7. The first kappa shape index (κ1) is 20.4. The summed E-state index contributed by atoms with van der Waals surface area (Å²) < 4.78 is 11.6. The molecule has 5 nitrogen and oxygen atoms in total. The van der Waals surface area contributed by atoms with Crippen LogP contribution in [0.25, 0.3) is 0 Å². The van der Waals surface area contributed by atoms with Crippen LogP contribution < -0.4 is 15.8 Å². The van der Waals surface area contributed by atoms with Crippen LogP contribution in [0.5, 0.6) is 5.75 Å². The first-order valence-electron chi connectivity index (χ1n) is 10.1. The number of halogens is 1. The molecule has 0 spiro atoms. The zero-order valence-electron chi connectivity index (χ0n) is 15.8. The van der Waals surface area contributed by atoms with Crippen LogP contribution >= 0.6 is 12.4 Å². The molecule has 1 saturated heterocycles. The van der Waals surface area contributed by atoms with E-state index in [0.717, 1.165) is 32.3 Å². The molecule has 3 N–H and O–H groups in total. The van der Waals surface area contributed by atoms with E-state index in [9.17, 15) is 4.79 Å². The molecule has 3 aliphatic rings. The third-order valence-corrected chi connectivity index (χ3v) is 6.25. The number of rotatable bonds is 5. The molecule has 1 aliphatic heterocycles. The molecular weight excluding hydrogens is 364 g/mol. The summed E-state index contributed by atoms with van der Waals surface area (Å²) in [4.78, 5) is 13.0. The summed E-state index contributed by atoms with van der Waals surface area (Å²) in [5.74, 6) is 1.66. The number of benzene rings is 1. The number of ether oxygens (including phenoxy) is 2. The topological polar surface area (TPSA) is 73.6 Å². The van der Waals surface area contributed by atoms with Crippen molar-refractivity contribution in [1.29, 1.82) is 0 Å². The average molecular weight is 395 g/mol. The molecule has 3 atom stereocenters. The van der Waals surface area contributed by atoms with E-state index in [-0.39, 0.29) is 30.5 Å². The second-order valence-electron chi connectivity index (χ2n) is 8.12. The highest BCUT2D eigenvalue weighted by atomic mass is 35.5. The van der Waals surface area contributed by atoms with Crippen molar-refractivity contribution >= 4 is 18.3 Å². The number of fused-ring (bicyclic) bond motifs is 2. The van der Waals surface area contributed by atoms with Crippen LogP contribution in [-0.2, 0) is 4.74 Å². The van der Waals surface area contributed by atoms with Crippen LogP contribution in [0.4, 0.5) is 0 Å². The molecule has 2 aliphatic carbocycles. The minimum absolute atomic E-state index is 0. The molecule has 1 aromatic carbocycles. The average Bonchev–Trinajstić information content (AvgIpc) is 3.14. The highest BCUT2D eigenvalue weighted by molar-refractivity contribution is 5.97. The maximum atomic E-state index is 13.0. The summed E-state index contributed by atoms with van der Waals surface area (Å²) in [5, 5.41) is 3.32. The highest BCUT2D eigenvalue weighted by Crippen LogP contribution is 2.40. The number of hydrogen-bond acceptors (Lipinski definition) is 4. The minimum atomic E-state index is -0.0229. The predicted molar refractivity (Wildman–Crippen MR) is 107 cm³/mol. The van der Waals surface area contributed by atoms with Crippen LogP contribution in [0.1, 0.15) is 55.3 Å². The van der Waals surface area contributed by atoms with Gasteiger partial charge in [0.15, 0.2) is 0 Å². The lowest BCUT2D eigenvalue weighted by Gasteiger charge is -2.45. The van der Waals surface area contributed by atoms with Crippen molar-refractivity contribution in [1.82, 2.24) is 5.32 Å². The van der Waals surface area contributed by atoms with E-state index in [2.05, 4.69) is 5.32 Å². The van der Waals surface area contributed by atoms with E-state index < -0.39 is 0 Å². The van der Waals surface area contributed by atoms with E-state index in [1.165, 1.54) is 19.3 Å². The fraction of sp³-hybridized carbons (Fsp3) is 0.667. The number of nitrogens with two attached hydrogens (primary N) is 1. The van der Waals surface area contributed by atoms with Crippen molar-refractivity contribution in [2.45, 2.75) is 63.1 Å². The minimum Gasteiger partial charge on any atom is -0.490 e. The van der Waals surface area contributed by atoms with Gasteiger partial charge in [0.1, 0.15) is 12.4 Å². The van der Waals surface area contributed by atoms with Crippen LogP contribution in [0.15, 0.2) is 24.3 Å². The van der Waals surface area contributed by atoms with Crippen molar-refractivity contribution in [3.05, 3.63) is 29.8 Å². The summed E-state index contributed by atoms with van der Waals surface area (Å²) >= 11 is 0. The van der Waals surface area contributed by atoms with Crippen molar-refractivity contribution in [3.8, 4) is 5.75 Å². The number of carbonyl (C=O) groups is 1. The smallest absolute Gasteiger partial charge is 0.255 e. The SMILES string of the molecule is Cl.NC1CC2CCCC(C1)C2NC(=O)c1ccccc1OCC1CCCO1. The van der Waals surface area contributed by atoms with E-state index >= 15 is 0 Å². The summed E-state index contributed by atoms with van der Waals surface area (Å²) in [6.07, 6.45) is 7.92. The van der Waals surface area contributed by atoms with Crippen molar-refractivity contribution < 1.29 is 14.3 Å². The molecule has 6 heteroatoms. The third-order valence-electron chi connectivity index (χ3n) is 6.25. The van der Waals surface area contributed by atoms with Gasteiger partial charge < -0.3 is 20.5 Å². The second-order valence-corrected chi connectivity index (χ2v) is 8.12. The lowest BCUT2D eigenvalue weighted by atomic mass is 9.67. The largest absolute Gasteiger partial charge is 0.490 e. The van der Waals surface area contributed by atoms with Gasteiger partial charge in [-0.25, -0.2) is 0 Å². The summed E-state index contributed by atoms with van der Waals surface area (Å²) in [6.45, 7) is 1.32. The molecule has 4 rings (SSSR count). The molecular formula is C21H31ClN2O3. The van der Waals surface area contributed by atoms with Gasteiger partial charge in [0, 0.05) is 18.7 Å². The van der Waals surface area contributed by atoms with Crippen LogP contribution in [0.3, 0.4) is 0 Å². The zero-order valence-corrected chi connectivity index (χ0v) is 16.6. The van der Waals surface area contributed by atoms with Gasteiger partial charge in [-0.05, 0) is 62.5 Å². The lowest BCUT2D eigenvalue weighted by Crippen LogP contribution is -2.53. The molecule has 1 heterocycles. The maximum Gasteiger partial charge on any atom is 0.255 e. The fourth-order valence-corrected chi connectivity index (χ4v) is 4.99. The van der Waals surface area contributed by atoms with Gasteiger partial charge in [-0.2, -0.15) is 0 Å². The van der Waals surface area contributed by atoms with Gasteiger partial charge in [0.05, 0.1) is 11.7 Å². The maximum absolute atomic E-state index is 13.0. The molecule has 1 aromatic rings. The van der Waals surface area contributed by atoms with Gasteiger partial charge >= 0.3 is 0 Å². The zero-order chi connectivity index (χ0) is 17.9. The Hall–Kier alpha value is -1.30. The molecule has 2 bridgehead atoms.